The van der Waals surface area contributed by atoms with Gasteiger partial charge >= 0.3 is 0 Å². The van der Waals surface area contributed by atoms with E-state index in [9.17, 15) is 22.4 Å². The molecule has 110 valence electrons. The number of carbonyl (C=O) groups excluding carboxylic acids is 1. The lowest BCUT2D eigenvalue weighted by Gasteiger charge is -2.33. The van der Waals surface area contributed by atoms with Gasteiger partial charge in [0.25, 0.3) is 5.91 Å². The summed E-state index contributed by atoms with van der Waals surface area (Å²) in [6.45, 7) is 2.45. The van der Waals surface area contributed by atoms with Crippen molar-refractivity contribution in [2.75, 3.05) is 6.54 Å². The summed E-state index contributed by atoms with van der Waals surface area (Å²) in [5.41, 5.74) is 1.55. The topological polar surface area (TPSA) is 32.3 Å². The van der Waals surface area contributed by atoms with E-state index < -0.39 is 34.7 Å². The Balaban J connectivity index is 2.21. The number of rotatable bonds is 2. The first-order valence-electron chi connectivity index (χ1n) is 6.32. The van der Waals surface area contributed by atoms with Crippen molar-refractivity contribution in [1.29, 1.82) is 0 Å². The van der Waals surface area contributed by atoms with E-state index in [1.54, 1.807) is 5.01 Å². The molecule has 1 amide bonds. The first-order chi connectivity index (χ1) is 9.41. The van der Waals surface area contributed by atoms with E-state index in [1.165, 1.54) is 0 Å². The Hall–Kier alpha value is -1.63. The summed E-state index contributed by atoms with van der Waals surface area (Å²) in [6, 6.07) is 0.406. The maximum atomic E-state index is 13.5. The monoisotopic (exact) mass is 290 g/mol. The number of hydrazine groups is 1. The highest BCUT2D eigenvalue weighted by molar-refractivity contribution is 5.94. The number of amides is 1. The molecule has 0 aromatic heterocycles. The molecule has 1 atom stereocenters. The fourth-order valence-corrected chi connectivity index (χ4v) is 2.19. The number of nitrogens with one attached hydrogen (secondary N) is 1. The van der Waals surface area contributed by atoms with Gasteiger partial charge in [-0.1, -0.05) is 6.42 Å². The van der Waals surface area contributed by atoms with Crippen LogP contribution in [0.3, 0.4) is 0 Å². The Bertz CT molecular complexity index is 536. The zero-order chi connectivity index (χ0) is 14.9. The smallest absolute Gasteiger partial charge is 0.268 e. The van der Waals surface area contributed by atoms with Gasteiger partial charge in [-0.15, -0.1) is 0 Å². The van der Waals surface area contributed by atoms with Crippen molar-refractivity contribution in [3.63, 3.8) is 0 Å². The molecule has 1 saturated heterocycles. The van der Waals surface area contributed by atoms with Crippen LogP contribution in [0.25, 0.3) is 0 Å². The Morgan fingerprint density at radius 3 is 2.55 bits per heavy atom. The lowest BCUT2D eigenvalue weighted by atomic mass is 10.1. The maximum absolute atomic E-state index is 13.5. The van der Waals surface area contributed by atoms with Gasteiger partial charge in [-0.05, 0) is 25.8 Å². The molecule has 1 heterocycles. The van der Waals surface area contributed by atoms with Gasteiger partial charge in [0.2, 0.25) is 0 Å². The average Bonchev–Trinajstić information content (AvgIpc) is 2.43. The van der Waals surface area contributed by atoms with Crippen LogP contribution in [0.4, 0.5) is 17.6 Å². The Labute approximate surface area is 113 Å². The number of carbonyl (C=O) groups is 1. The zero-order valence-electron chi connectivity index (χ0n) is 10.9. The fourth-order valence-electron chi connectivity index (χ4n) is 2.19. The Kier molecular flexibility index (Phi) is 4.27. The minimum Gasteiger partial charge on any atom is -0.284 e. The number of hydrogen-bond donors (Lipinski definition) is 1. The highest BCUT2D eigenvalue weighted by atomic mass is 19.2. The van der Waals surface area contributed by atoms with Gasteiger partial charge in [0, 0.05) is 12.6 Å². The Morgan fingerprint density at radius 1 is 1.20 bits per heavy atom. The lowest BCUT2D eigenvalue weighted by Crippen LogP contribution is -2.50. The summed E-state index contributed by atoms with van der Waals surface area (Å²) in [5, 5.41) is 1.59. The molecule has 1 N–H and O–H groups in total. The molecule has 1 aliphatic rings. The molecule has 1 aliphatic heterocycles. The number of benzene rings is 1. The first kappa shape index (κ1) is 14.8. The molecule has 0 radical (unpaired) electrons. The predicted molar refractivity (Wildman–Crippen MR) is 63.8 cm³/mol. The number of halogens is 4. The molecule has 2 rings (SSSR count). The van der Waals surface area contributed by atoms with E-state index in [0.29, 0.717) is 12.6 Å². The van der Waals surface area contributed by atoms with Crippen LogP contribution < -0.4 is 5.43 Å². The van der Waals surface area contributed by atoms with E-state index in [2.05, 4.69) is 5.43 Å². The van der Waals surface area contributed by atoms with E-state index in [4.69, 9.17) is 0 Å². The minimum atomic E-state index is -1.98. The van der Waals surface area contributed by atoms with Crippen LogP contribution in [-0.4, -0.2) is 23.5 Å². The summed E-state index contributed by atoms with van der Waals surface area (Å²) < 4.78 is 52.5. The van der Waals surface area contributed by atoms with Gasteiger partial charge in [0.05, 0.1) is 5.56 Å². The van der Waals surface area contributed by atoms with E-state index in [-0.39, 0.29) is 6.04 Å². The third-order valence-corrected chi connectivity index (χ3v) is 3.40. The van der Waals surface area contributed by atoms with Crippen LogP contribution in [0.1, 0.15) is 36.5 Å². The molecule has 0 bridgehead atoms. The largest absolute Gasteiger partial charge is 0.284 e. The molecular weight excluding hydrogens is 276 g/mol. The second kappa shape index (κ2) is 5.78. The van der Waals surface area contributed by atoms with Gasteiger partial charge in [-0.3, -0.25) is 10.2 Å². The van der Waals surface area contributed by atoms with Gasteiger partial charge in [0.1, 0.15) is 0 Å². The third kappa shape index (κ3) is 2.77. The molecule has 0 saturated carbocycles. The van der Waals surface area contributed by atoms with Gasteiger partial charge in [0.15, 0.2) is 23.3 Å². The van der Waals surface area contributed by atoms with Crippen molar-refractivity contribution in [2.45, 2.75) is 32.2 Å². The SMILES string of the molecule is CC1CCCCN1NC(=O)c1cc(F)c(F)c(F)c1F. The predicted octanol–water partition coefficient (Wildman–Crippen LogP) is 2.76. The molecule has 1 aromatic carbocycles. The van der Waals surface area contributed by atoms with Crippen molar-refractivity contribution in [2.24, 2.45) is 0 Å². The molecule has 3 nitrogen and oxygen atoms in total. The molecule has 0 aliphatic carbocycles. The van der Waals surface area contributed by atoms with E-state index in [0.717, 1.165) is 19.3 Å². The van der Waals surface area contributed by atoms with Crippen LogP contribution >= 0.6 is 0 Å². The van der Waals surface area contributed by atoms with Gasteiger partial charge in [-0.2, -0.15) is 0 Å². The summed E-state index contributed by atoms with van der Waals surface area (Å²) in [7, 11) is 0. The van der Waals surface area contributed by atoms with E-state index >= 15 is 0 Å². The average molecular weight is 290 g/mol. The zero-order valence-corrected chi connectivity index (χ0v) is 10.9. The molecule has 1 unspecified atom stereocenters. The third-order valence-electron chi connectivity index (χ3n) is 3.40. The maximum Gasteiger partial charge on any atom is 0.268 e. The van der Waals surface area contributed by atoms with Crippen LogP contribution in [-0.2, 0) is 0 Å². The number of nitrogens with zero attached hydrogens (tertiary/aromatic N) is 1. The molecule has 1 fully saturated rings. The highest BCUT2D eigenvalue weighted by Crippen LogP contribution is 2.20. The van der Waals surface area contributed by atoms with Crippen LogP contribution in [0.5, 0.6) is 0 Å². The van der Waals surface area contributed by atoms with E-state index in [1.807, 2.05) is 6.92 Å². The standard InChI is InChI=1S/C13H14F4N2O/c1-7-4-2-3-5-19(7)18-13(20)8-6-9(14)11(16)12(17)10(8)15/h6-7H,2-5H2,1H3,(H,18,20). The quantitative estimate of drug-likeness (QED) is 0.516. The molecule has 7 heteroatoms. The van der Waals surface area contributed by atoms with Gasteiger partial charge in [-0.25, -0.2) is 22.6 Å². The van der Waals surface area contributed by atoms with Crippen molar-refractivity contribution in [3.8, 4) is 0 Å². The molecule has 20 heavy (non-hydrogen) atoms. The molecular formula is C13H14F4N2O. The first-order valence-corrected chi connectivity index (χ1v) is 6.32. The fraction of sp³-hybridized carbons (Fsp3) is 0.462. The normalized spacial score (nSPS) is 19.9. The van der Waals surface area contributed by atoms with Crippen LogP contribution in [0.15, 0.2) is 6.07 Å². The van der Waals surface area contributed by atoms with Crippen molar-refractivity contribution >= 4 is 5.91 Å². The second-order valence-electron chi connectivity index (χ2n) is 4.83. The van der Waals surface area contributed by atoms with Crippen LogP contribution in [0, 0.1) is 23.3 Å². The highest BCUT2D eigenvalue weighted by Gasteiger charge is 2.26. The molecule has 0 spiro atoms. The molecule has 1 aromatic rings. The number of hydrogen-bond acceptors (Lipinski definition) is 2. The summed E-state index contributed by atoms with van der Waals surface area (Å²) >= 11 is 0. The summed E-state index contributed by atoms with van der Waals surface area (Å²) in [5.74, 6) is -8.19. The summed E-state index contributed by atoms with van der Waals surface area (Å²) in [6.07, 6.45) is 2.73. The van der Waals surface area contributed by atoms with Crippen molar-refractivity contribution in [1.82, 2.24) is 10.4 Å². The number of piperidine rings is 1. The lowest BCUT2D eigenvalue weighted by molar-refractivity contribution is 0.0607. The van der Waals surface area contributed by atoms with Crippen LogP contribution in [0.2, 0.25) is 0 Å². The van der Waals surface area contributed by atoms with Crippen molar-refractivity contribution in [3.05, 3.63) is 34.9 Å². The minimum absolute atomic E-state index is 0.0471. The summed E-state index contributed by atoms with van der Waals surface area (Å²) in [4.78, 5) is 11.8. The van der Waals surface area contributed by atoms with Crippen molar-refractivity contribution < 1.29 is 22.4 Å². The van der Waals surface area contributed by atoms with Gasteiger partial charge < -0.3 is 0 Å². The second-order valence-corrected chi connectivity index (χ2v) is 4.83. The Morgan fingerprint density at radius 2 is 1.90 bits per heavy atom.